The molecular formula is C18H19NS2. The number of rotatable bonds is 5. The van der Waals surface area contributed by atoms with E-state index >= 15 is 0 Å². The van der Waals surface area contributed by atoms with E-state index in [9.17, 15) is 0 Å². The molecule has 0 radical (unpaired) electrons. The standard InChI is InChI=1S/C18H19NS2/c1-2-16(19)18(17-8-5-11-20-17)21-15-10-9-13-6-3-4-7-14(13)12-15/h3-12,16,18H,2,19H2,1H3. The number of nitrogens with two attached hydrogens (primary N) is 1. The van der Waals surface area contributed by atoms with Gasteiger partial charge < -0.3 is 5.73 Å². The Morgan fingerprint density at radius 3 is 2.57 bits per heavy atom. The molecule has 2 atom stereocenters. The number of hydrogen-bond acceptors (Lipinski definition) is 3. The lowest BCUT2D eigenvalue weighted by atomic mass is 10.1. The fourth-order valence-electron chi connectivity index (χ4n) is 2.41. The molecule has 3 aromatic rings. The first-order valence-corrected chi connectivity index (χ1v) is 8.98. The Labute approximate surface area is 134 Å². The van der Waals surface area contributed by atoms with E-state index in [2.05, 4.69) is 66.9 Å². The van der Waals surface area contributed by atoms with Crippen LogP contribution >= 0.6 is 23.1 Å². The highest BCUT2D eigenvalue weighted by Crippen LogP contribution is 2.40. The monoisotopic (exact) mass is 313 g/mol. The van der Waals surface area contributed by atoms with Crippen LogP contribution in [0.3, 0.4) is 0 Å². The van der Waals surface area contributed by atoms with E-state index in [1.807, 2.05) is 11.8 Å². The molecule has 0 saturated heterocycles. The number of thioether (sulfide) groups is 1. The highest BCUT2D eigenvalue weighted by molar-refractivity contribution is 7.99. The average Bonchev–Trinajstić information content (AvgIpc) is 3.06. The Balaban J connectivity index is 1.90. The predicted octanol–water partition coefficient (Wildman–Crippen LogP) is 5.47. The molecule has 0 aliphatic rings. The Kier molecular flexibility index (Phi) is 4.63. The maximum absolute atomic E-state index is 6.35. The molecule has 1 nitrogen and oxygen atoms in total. The molecular weight excluding hydrogens is 294 g/mol. The highest BCUT2D eigenvalue weighted by atomic mass is 32.2. The Bertz CT molecular complexity index is 706. The van der Waals surface area contributed by atoms with Crippen LogP contribution in [-0.4, -0.2) is 6.04 Å². The van der Waals surface area contributed by atoms with Crippen molar-refractivity contribution in [3.05, 3.63) is 64.9 Å². The van der Waals surface area contributed by atoms with Crippen LogP contribution in [-0.2, 0) is 0 Å². The van der Waals surface area contributed by atoms with Crippen LogP contribution in [0.1, 0.15) is 23.5 Å². The molecule has 0 fully saturated rings. The third kappa shape index (κ3) is 3.31. The highest BCUT2D eigenvalue weighted by Gasteiger charge is 2.20. The van der Waals surface area contributed by atoms with Gasteiger partial charge in [0.25, 0.3) is 0 Å². The van der Waals surface area contributed by atoms with Gasteiger partial charge in [0, 0.05) is 15.8 Å². The molecule has 21 heavy (non-hydrogen) atoms. The summed E-state index contributed by atoms with van der Waals surface area (Å²) in [5.74, 6) is 0. The van der Waals surface area contributed by atoms with Gasteiger partial charge in [0.2, 0.25) is 0 Å². The fraction of sp³-hybridized carbons (Fsp3) is 0.222. The van der Waals surface area contributed by atoms with Gasteiger partial charge in [-0.25, -0.2) is 0 Å². The van der Waals surface area contributed by atoms with Gasteiger partial charge in [-0.2, -0.15) is 0 Å². The first-order valence-electron chi connectivity index (χ1n) is 7.22. The van der Waals surface area contributed by atoms with Crippen molar-refractivity contribution in [2.45, 2.75) is 29.5 Å². The second-order valence-corrected chi connectivity index (χ2v) is 7.33. The zero-order valence-corrected chi connectivity index (χ0v) is 13.7. The van der Waals surface area contributed by atoms with Crippen molar-refractivity contribution in [2.75, 3.05) is 0 Å². The van der Waals surface area contributed by atoms with Gasteiger partial charge in [0.15, 0.2) is 0 Å². The van der Waals surface area contributed by atoms with Crippen molar-refractivity contribution in [3.8, 4) is 0 Å². The second-order valence-electron chi connectivity index (χ2n) is 5.13. The molecule has 2 unspecified atom stereocenters. The summed E-state index contributed by atoms with van der Waals surface area (Å²) in [6.07, 6.45) is 0.989. The summed E-state index contributed by atoms with van der Waals surface area (Å²) in [5, 5.41) is 5.04. The van der Waals surface area contributed by atoms with E-state index < -0.39 is 0 Å². The van der Waals surface area contributed by atoms with Crippen LogP contribution in [0.25, 0.3) is 10.8 Å². The summed E-state index contributed by atoms with van der Waals surface area (Å²) in [6, 6.07) is 19.6. The quantitative estimate of drug-likeness (QED) is 0.632. The smallest absolute Gasteiger partial charge is 0.0589 e. The van der Waals surface area contributed by atoms with E-state index in [-0.39, 0.29) is 6.04 Å². The Hall–Kier alpha value is -1.29. The van der Waals surface area contributed by atoms with Crippen LogP contribution < -0.4 is 5.73 Å². The van der Waals surface area contributed by atoms with Gasteiger partial charge in [-0.15, -0.1) is 23.1 Å². The number of thiophene rings is 1. The largest absolute Gasteiger partial charge is 0.326 e. The second kappa shape index (κ2) is 6.65. The predicted molar refractivity (Wildman–Crippen MR) is 95.1 cm³/mol. The van der Waals surface area contributed by atoms with Crippen molar-refractivity contribution < 1.29 is 0 Å². The molecule has 0 amide bonds. The summed E-state index contributed by atoms with van der Waals surface area (Å²) >= 11 is 3.68. The fourth-order valence-corrected chi connectivity index (χ4v) is 4.70. The van der Waals surface area contributed by atoms with E-state index in [0.717, 1.165) is 6.42 Å². The lowest BCUT2D eigenvalue weighted by Crippen LogP contribution is -2.25. The molecule has 0 saturated carbocycles. The normalized spacial score (nSPS) is 14.2. The van der Waals surface area contributed by atoms with Gasteiger partial charge in [0.1, 0.15) is 0 Å². The summed E-state index contributed by atoms with van der Waals surface area (Å²) in [7, 11) is 0. The molecule has 1 heterocycles. The lowest BCUT2D eigenvalue weighted by molar-refractivity contribution is 0.640. The summed E-state index contributed by atoms with van der Waals surface area (Å²) in [5.41, 5.74) is 6.35. The molecule has 2 aromatic carbocycles. The Morgan fingerprint density at radius 1 is 1.05 bits per heavy atom. The zero-order valence-electron chi connectivity index (χ0n) is 12.0. The number of hydrogen-bond donors (Lipinski definition) is 1. The minimum absolute atomic E-state index is 0.181. The third-order valence-corrected chi connectivity index (χ3v) is 6.16. The first-order chi connectivity index (χ1) is 10.3. The van der Waals surface area contributed by atoms with E-state index in [1.165, 1.54) is 20.5 Å². The molecule has 108 valence electrons. The van der Waals surface area contributed by atoms with E-state index in [1.54, 1.807) is 11.3 Å². The van der Waals surface area contributed by atoms with Crippen LogP contribution in [0.2, 0.25) is 0 Å². The first kappa shape index (κ1) is 14.6. The summed E-state index contributed by atoms with van der Waals surface area (Å²) in [6.45, 7) is 2.16. The van der Waals surface area contributed by atoms with Gasteiger partial charge in [-0.3, -0.25) is 0 Å². The van der Waals surface area contributed by atoms with Crippen molar-refractivity contribution in [1.82, 2.24) is 0 Å². The van der Waals surface area contributed by atoms with E-state index in [4.69, 9.17) is 5.73 Å². The van der Waals surface area contributed by atoms with Crippen molar-refractivity contribution in [2.24, 2.45) is 5.73 Å². The molecule has 0 aliphatic carbocycles. The summed E-state index contributed by atoms with van der Waals surface area (Å²) < 4.78 is 0. The maximum atomic E-state index is 6.35. The van der Waals surface area contributed by atoms with Crippen LogP contribution in [0, 0.1) is 0 Å². The third-order valence-electron chi connectivity index (χ3n) is 3.67. The maximum Gasteiger partial charge on any atom is 0.0589 e. The van der Waals surface area contributed by atoms with Gasteiger partial charge in [-0.1, -0.05) is 43.3 Å². The molecule has 1 aromatic heterocycles. The van der Waals surface area contributed by atoms with Crippen LogP contribution in [0.4, 0.5) is 0 Å². The van der Waals surface area contributed by atoms with Gasteiger partial charge in [0.05, 0.1) is 5.25 Å². The van der Waals surface area contributed by atoms with Gasteiger partial charge in [-0.05, 0) is 40.8 Å². The minimum Gasteiger partial charge on any atom is -0.326 e. The molecule has 0 spiro atoms. The van der Waals surface area contributed by atoms with E-state index in [0.29, 0.717) is 5.25 Å². The minimum atomic E-state index is 0.181. The molecule has 0 aliphatic heterocycles. The topological polar surface area (TPSA) is 26.0 Å². The van der Waals surface area contributed by atoms with Crippen molar-refractivity contribution >= 4 is 33.9 Å². The molecule has 3 heteroatoms. The van der Waals surface area contributed by atoms with Crippen LogP contribution in [0.15, 0.2) is 64.9 Å². The Morgan fingerprint density at radius 2 is 1.86 bits per heavy atom. The SMILES string of the molecule is CCC(N)C(Sc1ccc2ccccc2c1)c1cccs1. The van der Waals surface area contributed by atoms with Crippen LogP contribution in [0.5, 0.6) is 0 Å². The van der Waals surface area contributed by atoms with Crippen molar-refractivity contribution in [3.63, 3.8) is 0 Å². The zero-order chi connectivity index (χ0) is 14.7. The number of fused-ring (bicyclic) bond motifs is 1. The molecule has 3 rings (SSSR count). The number of benzene rings is 2. The lowest BCUT2D eigenvalue weighted by Gasteiger charge is -2.21. The molecule has 2 N–H and O–H groups in total. The van der Waals surface area contributed by atoms with Gasteiger partial charge >= 0.3 is 0 Å². The molecule has 0 bridgehead atoms. The average molecular weight is 313 g/mol. The van der Waals surface area contributed by atoms with Crippen molar-refractivity contribution in [1.29, 1.82) is 0 Å². The summed E-state index contributed by atoms with van der Waals surface area (Å²) in [4.78, 5) is 2.65.